The van der Waals surface area contributed by atoms with Crippen molar-refractivity contribution in [2.75, 3.05) is 13.2 Å². The fraction of sp³-hybridized carbons (Fsp3) is 1.00. The van der Waals surface area contributed by atoms with E-state index in [1.165, 1.54) is 0 Å². The SMILES string of the molecule is CC(C)OC[C@H]1OCC2OP(=O)(O)O[C@H]21. The van der Waals surface area contributed by atoms with Crippen molar-refractivity contribution in [1.29, 1.82) is 0 Å². The van der Waals surface area contributed by atoms with Crippen molar-refractivity contribution in [3.63, 3.8) is 0 Å². The fourth-order valence-corrected chi connectivity index (χ4v) is 2.81. The summed E-state index contributed by atoms with van der Waals surface area (Å²) in [5, 5.41) is 0. The van der Waals surface area contributed by atoms with E-state index in [-0.39, 0.29) is 18.8 Å². The number of phosphoric ester groups is 1. The summed E-state index contributed by atoms with van der Waals surface area (Å²) in [6.45, 7) is 4.45. The molecular formula is C8H15O6P. The summed E-state index contributed by atoms with van der Waals surface area (Å²) in [4.78, 5) is 9.11. The standard InChI is InChI=1S/C8H15O6P/c1-5(2)11-3-6-8-7(4-12-6)13-15(9,10)14-8/h5-8H,3-4H2,1-2H3,(H,9,10)/t6-,7?,8+/m1/s1. The van der Waals surface area contributed by atoms with Gasteiger partial charge in [0.15, 0.2) is 0 Å². The van der Waals surface area contributed by atoms with Crippen LogP contribution in [0.25, 0.3) is 0 Å². The topological polar surface area (TPSA) is 74.2 Å². The number of ether oxygens (including phenoxy) is 2. The van der Waals surface area contributed by atoms with Crippen molar-refractivity contribution in [1.82, 2.24) is 0 Å². The molecule has 7 heteroatoms. The molecule has 0 radical (unpaired) electrons. The van der Waals surface area contributed by atoms with Gasteiger partial charge >= 0.3 is 7.82 Å². The minimum absolute atomic E-state index is 0.0934. The van der Waals surface area contributed by atoms with Crippen LogP contribution in [0.3, 0.4) is 0 Å². The Hall–Kier alpha value is 0.0300. The Kier molecular flexibility index (Phi) is 3.17. The van der Waals surface area contributed by atoms with Crippen LogP contribution < -0.4 is 0 Å². The maximum atomic E-state index is 11.1. The van der Waals surface area contributed by atoms with Crippen LogP contribution in [0.5, 0.6) is 0 Å². The van der Waals surface area contributed by atoms with Crippen molar-refractivity contribution < 1.29 is 28.0 Å². The van der Waals surface area contributed by atoms with Gasteiger partial charge < -0.3 is 14.4 Å². The molecule has 2 saturated heterocycles. The summed E-state index contributed by atoms with van der Waals surface area (Å²) in [6.07, 6.45) is -1.16. The average molecular weight is 238 g/mol. The van der Waals surface area contributed by atoms with Crippen LogP contribution in [-0.2, 0) is 23.1 Å². The molecule has 6 nitrogen and oxygen atoms in total. The second kappa shape index (κ2) is 4.13. The molecule has 2 aliphatic rings. The second-order valence-electron chi connectivity index (χ2n) is 3.94. The lowest BCUT2D eigenvalue weighted by atomic mass is 10.2. The van der Waals surface area contributed by atoms with Crippen molar-refractivity contribution in [2.45, 2.75) is 38.3 Å². The summed E-state index contributed by atoms with van der Waals surface area (Å²) in [5.41, 5.74) is 0. The van der Waals surface area contributed by atoms with Gasteiger partial charge in [-0.05, 0) is 13.8 Å². The van der Waals surface area contributed by atoms with Gasteiger partial charge in [0.2, 0.25) is 0 Å². The van der Waals surface area contributed by atoms with Crippen LogP contribution in [0.4, 0.5) is 0 Å². The zero-order valence-electron chi connectivity index (χ0n) is 8.66. The van der Waals surface area contributed by atoms with Gasteiger partial charge in [-0.1, -0.05) is 0 Å². The highest BCUT2D eigenvalue weighted by molar-refractivity contribution is 7.47. The first-order valence-electron chi connectivity index (χ1n) is 4.91. The van der Waals surface area contributed by atoms with Gasteiger partial charge in [-0.3, -0.25) is 9.05 Å². The number of phosphoric acid groups is 1. The first-order valence-corrected chi connectivity index (χ1v) is 6.40. The molecule has 0 aromatic rings. The molecule has 2 heterocycles. The van der Waals surface area contributed by atoms with Gasteiger partial charge in [0.05, 0.1) is 19.3 Å². The van der Waals surface area contributed by atoms with E-state index >= 15 is 0 Å². The van der Waals surface area contributed by atoms with E-state index in [9.17, 15) is 4.57 Å². The van der Waals surface area contributed by atoms with E-state index in [0.717, 1.165) is 0 Å². The molecule has 0 aromatic heterocycles. The van der Waals surface area contributed by atoms with Gasteiger partial charge in [0, 0.05) is 0 Å². The van der Waals surface area contributed by atoms with Gasteiger partial charge in [-0.15, -0.1) is 0 Å². The van der Waals surface area contributed by atoms with Crippen molar-refractivity contribution in [2.24, 2.45) is 0 Å². The Labute approximate surface area is 88.1 Å². The van der Waals surface area contributed by atoms with Gasteiger partial charge in [0.1, 0.15) is 18.3 Å². The first-order chi connectivity index (χ1) is 6.98. The highest BCUT2D eigenvalue weighted by Crippen LogP contribution is 2.55. The van der Waals surface area contributed by atoms with E-state index in [4.69, 9.17) is 23.4 Å². The maximum Gasteiger partial charge on any atom is 0.473 e. The minimum Gasteiger partial charge on any atom is -0.376 e. The van der Waals surface area contributed by atoms with Crippen LogP contribution in [0.1, 0.15) is 13.8 Å². The van der Waals surface area contributed by atoms with E-state index < -0.39 is 20.0 Å². The van der Waals surface area contributed by atoms with E-state index in [2.05, 4.69) is 0 Å². The van der Waals surface area contributed by atoms with E-state index in [0.29, 0.717) is 6.61 Å². The molecule has 88 valence electrons. The lowest BCUT2D eigenvalue weighted by molar-refractivity contribution is -0.0371. The molecule has 0 bridgehead atoms. The molecule has 2 unspecified atom stereocenters. The lowest BCUT2D eigenvalue weighted by Gasteiger charge is -2.17. The van der Waals surface area contributed by atoms with Crippen molar-refractivity contribution >= 4 is 7.82 Å². The Morgan fingerprint density at radius 2 is 2.27 bits per heavy atom. The van der Waals surface area contributed by atoms with E-state index in [1.807, 2.05) is 13.8 Å². The predicted molar refractivity (Wildman–Crippen MR) is 50.4 cm³/mol. The molecular weight excluding hydrogens is 223 g/mol. The Bertz CT molecular complexity index is 280. The highest BCUT2D eigenvalue weighted by Gasteiger charge is 2.52. The maximum absolute atomic E-state index is 11.1. The normalized spacial score (nSPS) is 44.9. The number of fused-ring (bicyclic) bond motifs is 1. The Morgan fingerprint density at radius 3 is 2.93 bits per heavy atom. The van der Waals surface area contributed by atoms with Gasteiger partial charge in [-0.2, -0.15) is 0 Å². The zero-order valence-corrected chi connectivity index (χ0v) is 9.55. The molecule has 0 saturated carbocycles. The molecule has 2 rings (SSSR count). The van der Waals surface area contributed by atoms with E-state index in [1.54, 1.807) is 0 Å². The Morgan fingerprint density at radius 1 is 1.53 bits per heavy atom. The molecule has 2 aliphatic heterocycles. The molecule has 15 heavy (non-hydrogen) atoms. The monoisotopic (exact) mass is 238 g/mol. The lowest BCUT2D eigenvalue weighted by Crippen LogP contribution is -2.32. The van der Waals surface area contributed by atoms with Crippen LogP contribution in [0, 0.1) is 0 Å². The molecule has 0 spiro atoms. The predicted octanol–water partition coefficient (Wildman–Crippen LogP) is 0.695. The zero-order chi connectivity index (χ0) is 11.1. The third kappa shape index (κ3) is 2.58. The third-order valence-corrected chi connectivity index (χ3v) is 3.37. The van der Waals surface area contributed by atoms with Crippen molar-refractivity contribution in [3.05, 3.63) is 0 Å². The van der Waals surface area contributed by atoms with Gasteiger partial charge in [0.25, 0.3) is 0 Å². The first kappa shape index (κ1) is 11.5. The van der Waals surface area contributed by atoms with Crippen LogP contribution in [0.15, 0.2) is 0 Å². The second-order valence-corrected chi connectivity index (χ2v) is 5.30. The molecule has 0 aromatic carbocycles. The summed E-state index contributed by atoms with van der Waals surface area (Å²) in [7, 11) is -3.84. The quantitative estimate of drug-likeness (QED) is 0.729. The summed E-state index contributed by atoms with van der Waals surface area (Å²) in [5.74, 6) is 0. The minimum atomic E-state index is -3.84. The smallest absolute Gasteiger partial charge is 0.376 e. The number of hydrogen-bond donors (Lipinski definition) is 1. The average Bonchev–Trinajstić information content (AvgIpc) is 2.56. The molecule has 0 aliphatic carbocycles. The van der Waals surface area contributed by atoms with Crippen molar-refractivity contribution in [3.8, 4) is 0 Å². The molecule has 2 fully saturated rings. The fourth-order valence-electron chi connectivity index (χ4n) is 1.65. The largest absolute Gasteiger partial charge is 0.473 e. The molecule has 4 atom stereocenters. The molecule has 0 amide bonds. The summed E-state index contributed by atoms with van der Waals surface area (Å²) in [6, 6.07) is 0. The number of rotatable bonds is 3. The number of hydrogen-bond acceptors (Lipinski definition) is 5. The molecule has 1 N–H and O–H groups in total. The van der Waals surface area contributed by atoms with Crippen LogP contribution >= 0.6 is 7.82 Å². The third-order valence-electron chi connectivity index (χ3n) is 2.32. The van der Waals surface area contributed by atoms with Gasteiger partial charge in [-0.25, -0.2) is 4.57 Å². The van der Waals surface area contributed by atoms with Crippen LogP contribution in [0.2, 0.25) is 0 Å². The summed E-state index contributed by atoms with van der Waals surface area (Å²) < 4.78 is 31.6. The highest BCUT2D eigenvalue weighted by atomic mass is 31.2. The Balaban J connectivity index is 1.91. The summed E-state index contributed by atoms with van der Waals surface area (Å²) >= 11 is 0. The van der Waals surface area contributed by atoms with Crippen LogP contribution in [-0.4, -0.2) is 42.5 Å².